The molecule has 4 rings (SSSR count). The van der Waals surface area contributed by atoms with E-state index in [1.54, 1.807) is 0 Å². The third-order valence-electron chi connectivity index (χ3n) is 11.5. The first-order valence-corrected chi connectivity index (χ1v) is 17.4. The monoisotopic (exact) mass is 564 g/mol. The van der Waals surface area contributed by atoms with Crippen LogP contribution < -0.4 is 0 Å². The van der Waals surface area contributed by atoms with Gasteiger partial charge >= 0.3 is 13.6 Å². The quantitative estimate of drug-likeness (QED) is 0.113. The summed E-state index contributed by atoms with van der Waals surface area (Å²) in [6.45, 7) is 11.9. The van der Waals surface area contributed by atoms with Crippen LogP contribution in [0.15, 0.2) is 11.6 Å². The van der Waals surface area contributed by atoms with Crippen molar-refractivity contribution in [2.75, 3.05) is 12.8 Å². The topological polar surface area (TPSA) is 89.9 Å². The molecule has 0 heterocycles. The second-order valence-corrected chi connectivity index (χ2v) is 16.2. The first-order chi connectivity index (χ1) is 18.4. The van der Waals surface area contributed by atoms with Crippen LogP contribution in [-0.4, -0.2) is 36.0 Å². The van der Waals surface area contributed by atoms with Crippen molar-refractivity contribution >= 4 is 19.9 Å². The van der Waals surface area contributed by atoms with Crippen LogP contribution in [0.2, 0.25) is 0 Å². The Kier molecular flexibility index (Phi) is 9.92. The van der Waals surface area contributed by atoms with Gasteiger partial charge in [-0.2, -0.15) is 0 Å². The Bertz CT molecular complexity index is 960. The predicted octanol–water partition coefficient (Wildman–Crippen LogP) is 7.73. The van der Waals surface area contributed by atoms with Crippen LogP contribution in [0.25, 0.3) is 0 Å². The molecule has 7 heteroatoms. The summed E-state index contributed by atoms with van der Waals surface area (Å²) in [7, 11) is -3.95. The molecule has 0 aromatic rings. The standard InChI is InChI=1S/C32H53O6P/c1-22(2)7-6-8-23(3)27-11-12-28-26-10-9-24-21-25(38-30(34)15-20-39(35,36)37-19-18-33)13-16-31(24,4)29(26)14-17-32(27,28)5/h9,18,22-23,25-29H,6-8,10-17,19-21H2,1-5H3,(H,35,36)/t23-,25+,26+,27-,28+,29+,31+,32-/m1/s1. The lowest BCUT2D eigenvalue weighted by atomic mass is 9.47. The maximum absolute atomic E-state index is 12.4. The van der Waals surface area contributed by atoms with Crippen molar-refractivity contribution in [3.63, 3.8) is 0 Å². The first-order valence-electron chi connectivity index (χ1n) is 15.7. The molecule has 0 aliphatic heterocycles. The fourth-order valence-electron chi connectivity index (χ4n) is 9.44. The van der Waals surface area contributed by atoms with E-state index in [0.29, 0.717) is 11.7 Å². The van der Waals surface area contributed by atoms with Gasteiger partial charge in [0, 0.05) is 6.42 Å². The van der Waals surface area contributed by atoms with E-state index in [0.717, 1.165) is 61.2 Å². The van der Waals surface area contributed by atoms with E-state index in [4.69, 9.17) is 4.74 Å². The number of allylic oxidation sites excluding steroid dienone is 1. The van der Waals surface area contributed by atoms with E-state index in [1.165, 1.54) is 50.5 Å². The zero-order valence-corrected chi connectivity index (χ0v) is 25.9. The van der Waals surface area contributed by atoms with Crippen molar-refractivity contribution in [1.29, 1.82) is 0 Å². The highest BCUT2D eigenvalue weighted by Crippen LogP contribution is 2.67. The molecule has 0 saturated heterocycles. The number of rotatable bonds is 12. The van der Waals surface area contributed by atoms with Crippen LogP contribution in [0.3, 0.4) is 0 Å². The second kappa shape index (κ2) is 12.5. The number of aldehydes is 1. The highest BCUT2D eigenvalue weighted by atomic mass is 31.2. The molecule has 0 spiro atoms. The van der Waals surface area contributed by atoms with Crippen molar-refractivity contribution in [2.45, 2.75) is 118 Å². The van der Waals surface area contributed by atoms with Crippen molar-refractivity contribution in [1.82, 2.24) is 0 Å². The van der Waals surface area contributed by atoms with Crippen LogP contribution in [0.5, 0.6) is 0 Å². The molecule has 0 aromatic carbocycles. The van der Waals surface area contributed by atoms with E-state index >= 15 is 0 Å². The number of fused-ring (bicyclic) bond motifs is 5. The van der Waals surface area contributed by atoms with E-state index in [1.807, 2.05) is 0 Å². The Labute approximate surface area is 236 Å². The molecular formula is C32H53O6P. The van der Waals surface area contributed by atoms with Gasteiger partial charge < -0.3 is 18.9 Å². The fourth-order valence-corrected chi connectivity index (χ4v) is 10.3. The molecule has 0 aromatic heterocycles. The van der Waals surface area contributed by atoms with Gasteiger partial charge in [-0.3, -0.25) is 9.36 Å². The van der Waals surface area contributed by atoms with Crippen LogP contribution in [0, 0.1) is 46.3 Å². The molecule has 6 nitrogen and oxygen atoms in total. The zero-order valence-electron chi connectivity index (χ0n) is 25.0. The Morgan fingerprint density at radius 1 is 1.13 bits per heavy atom. The molecule has 1 N–H and O–H groups in total. The van der Waals surface area contributed by atoms with Gasteiger partial charge in [0.15, 0.2) is 0 Å². The maximum Gasteiger partial charge on any atom is 0.329 e. The third kappa shape index (κ3) is 6.75. The number of esters is 1. The van der Waals surface area contributed by atoms with E-state index in [2.05, 4.69) is 45.2 Å². The van der Waals surface area contributed by atoms with Gasteiger partial charge in [-0.05, 0) is 91.3 Å². The van der Waals surface area contributed by atoms with E-state index < -0.39 is 20.2 Å². The largest absolute Gasteiger partial charge is 0.462 e. The van der Waals surface area contributed by atoms with E-state index in [-0.39, 0.29) is 24.1 Å². The van der Waals surface area contributed by atoms with Crippen molar-refractivity contribution < 1.29 is 28.3 Å². The number of carbonyl (C=O) groups excluding carboxylic acids is 2. The minimum absolute atomic E-state index is 0.168. The van der Waals surface area contributed by atoms with Crippen LogP contribution in [0.4, 0.5) is 0 Å². The summed E-state index contributed by atoms with van der Waals surface area (Å²) in [5.41, 5.74) is 2.14. The SMILES string of the molecule is CC(C)CCC[C@@H](C)[C@H]1CC[C@H]2[C@@H]3CC=C4C[C@@H](OC(=O)CCP(=O)(O)OCC=O)CC[C@]4(C)[C@H]3CC[C@]12C. The van der Waals surface area contributed by atoms with Crippen molar-refractivity contribution in [3.05, 3.63) is 11.6 Å². The molecule has 3 fully saturated rings. The van der Waals surface area contributed by atoms with Gasteiger partial charge in [0.25, 0.3) is 0 Å². The van der Waals surface area contributed by atoms with Crippen molar-refractivity contribution in [3.8, 4) is 0 Å². The Hall–Kier alpha value is -0.970. The predicted molar refractivity (Wildman–Crippen MR) is 154 cm³/mol. The third-order valence-corrected chi connectivity index (χ3v) is 12.8. The average Bonchev–Trinajstić information content (AvgIpc) is 3.23. The van der Waals surface area contributed by atoms with Gasteiger partial charge in [0.2, 0.25) is 0 Å². The van der Waals surface area contributed by atoms with Crippen LogP contribution in [-0.2, 0) is 23.4 Å². The normalized spacial score (nSPS) is 38.1. The molecule has 39 heavy (non-hydrogen) atoms. The number of ether oxygens (including phenoxy) is 1. The number of carbonyl (C=O) groups is 2. The van der Waals surface area contributed by atoms with Gasteiger partial charge in [-0.25, -0.2) is 0 Å². The molecular weight excluding hydrogens is 511 g/mol. The molecule has 0 radical (unpaired) electrons. The fraction of sp³-hybridized carbons (Fsp3) is 0.875. The maximum atomic E-state index is 12.4. The number of hydrogen-bond donors (Lipinski definition) is 1. The highest BCUT2D eigenvalue weighted by molar-refractivity contribution is 7.52. The zero-order chi connectivity index (χ0) is 28.4. The Morgan fingerprint density at radius 3 is 2.62 bits per heavy atom. The smallest absolute Gasteiger partial charge is 0.329 e. The highest BCUT2D eigenvalue weighted by Gasteiger charge is 2.59. The molecule has 3 saturated carbocycles. The lowest BCUT2D eigenvalue weighted by Gasteiger charge is -2.58. The minimum atomic E-state index is -3.95. The summed E-state index contributed by atoms with van der Waals surface area (Å²) in [5.74, 6) is 4.34. The van der Waals surface area contributed by atoms with Gasteiger partial charge in [0.05, 0.1) is 12.6 Å². The summed E-state index contributed by atoms with van der Waals surface area (Å²) in [5, 5.41) is 0. The summed E-state index contributed by atoms with van der Waals surface area (Å²) in [6, 6.07) is 0. The molecule has 222 valence electrons. The van der Waals surface area contributed by atoms with Gasteiger partial charge in [0.1, 0.15) is 19.0 Å². The molecule has 9 atom stereocenters. The van der Waals surface area contributed by atoms with Gasteiger partial charge in [-0.15, -0.1) is 0 Å². The van der Waals surface area contributed by atoms with Crippen LogP contribution in [0.1, 0.15) is 112 Å². The lowest BCUT2D eigenvalue weighted by molar-refractivity contribution is -0.151. The average molecular weight is 565 g/mol. The summed E-state index contributed by atoms with van der Waals surface area (Å²) >= 11 is 0. The first kappa shape index (κ1) is 31.0. The minimum Gasteiger partial charge on any atom is -0.462 e. The Balaban J connectivity index is 1.35. The summed E-state index contributed by atoms with van der Waals surface area (Å²) in [6.07, 6.45) is 15.6. The summed E-state index contributed by atoms with van der Waals surface area (Å²) < 4.78 is 22.3. The van der Waals surface area contributed by atoms with Gasteiger partial charge in [-0.1, -0.05) is 65.5 Å². The Morgan fingerprint density at radius 2 is 1.90 bits per heavy atom. The van der Waals surface area contributed by atoms with Crippen LogP contribution >= 0.6 is 7.60 Å². The number of hydrogen-bond acceptors (Lipinski definition) is 5. The molecule has 4 aliphatic rings. The van der Waals surface area contributed by atoms with E-state index in [9.17, 15) is 19.0 Å². The molecule has 1 unspecified atom stereocenters. The molecule has 0 bridgehead atoms. The lowest BCUT2D eigenvalue weighted by Crippen LogP contribution is -2.51. The molecule has 4 aliphatic carbocycles. The summed E-state index contributed by atoms with van der Waals surface area (Å²) in [4.78, 5) is 32.6. The molecule has 0 amide bonds. The second-order valence-electron chi connectivity index (χ2n) is 14.2. The van der Waals surface area contributed by atoms with Crippen molar-refractivity contribution in [2.24, 2.45) is 46.3 Å².